The van der Waals surface area contributed by atoms with Crippen LogP contribution in [0.3, 0.4) is 0 Å². The highest BCUT2D eigenvalue weighted by Gasteiger charge is 2.09. The lowest BCUT2D eigenvalue weighted by molar-refractivity contribution is 0.163. The molecule has 0 spiro atoms. The van der Waals surface area contributed by atoms with Crippen LogP contribution in [-0.4, -0.2) is 10.1 Å². The van der Waals surface area contributed by atoms with E-state index in [0.29, 0.717) is 11.1 Å². The van der Waals surface area contributed by atoms with Crippen molar-refractivity contribution in [1.82, 2.24) is 4.98 Å². The largest absolute Gasteiger partial charge is 0.417 e. The maximum atomic E-state index is 11.0. The molecule has 0 amide bonds. The zero-order valence-electron chi connectivity index (χ0n) is 9.90. The smallest absolute Gasteiger partial charge is 0.408 e. The van der Waals surface area contributed by atoms with Gasteiger partial charge >= 0.3 is 5.76 Å². The first-order valence-electron chi connectivity index (χ1n) is 6.01. The van der Waals surface area contributed by atoms with Crippen LogP contribution in [0.4, 0.5) is 0 Å². The minimum atomic E-state index is -0.480. The van der Waals surface area contributed by atoms with Crippen LogP contribution in [0, 0.1) is 0 Å². The predicted molar refractivity (Wildman–Crippen MR) is 65.9 cm³/mol. The maximum absolute atomic E-state index is 11.0. The van der Waals surface area contributed by atoms with Crippen LogP contribution in [-0.2, 0) is 0 Å². The Bertz CT molecular complexity index is 541. The normalized spacial score (nSPS) is 13.1. The second-order valence-electron chi connectivity index (χ2n) is 4.28. The number of rotatable bonds is 5. The molecule has 1 heterocycles. The number of unbranched alkanes of at least 4 members (excludes halogenated alkanes) is 2. The first kappa shape index (κ1) is 11.9. The summed E-state index contributed by atoms with van der Waals surface area (Å²) >= 11 is 0. The van der Waals surface area contributed by atoms with Crippen LogP contribution >= 0.6 is 0 Å². The molecule has 4 heteroatoms. The van der Waals surface area contributed by atoms with Crippen LogP contribution in [0.2, 0.25) is 0 Å². The van der Waals surface area contributed by atoms with Crippen LogP contribution in [0.1, 0.15) is 44.3 Å². The number of hydrogen-bond donors (Lipinski definition) is 2. The number of benzene rings is 1. The van der Waals surface area contributed by atoms with E-state index in [2.05, 4.69) is 11.9 Å². The van der Waals surface area contributed by atoms with Crippen molar-refractivity contribution in [2.45, 2.75) is 38.7 Å². The topological polar surface area (TPSA) is 66.2 Å². The number of H-pyrrole nitrogens is 1. The lowest BCUT2D eigenvalue weighted by Gasteiger charge is -2.09. The van der Waals surface area contributed by atoms with Gasteiger partial charge in [0.2, 0.25) is 0 Å². The van der Waals surface area contributed by atoms with Gasteiger partial charge in [0.25, 0.3) is 0 Å². The van der Waals surface area contributed by atoms with Gasteiger partial charge in [-0.05, 0) is 24.1 Å². The summed E-state index contributed by atoms with van der Waals surface area (Å²) in [4.78, 5) is 13.6. The summed E-state index contributed by atoms with van der Waals surface area (Å²) in [5.41, 5.74) is 1.97. The van der Waals surface area contributed by atoms with E-state index in [1.807, 2.05) is 6.07 Å². The average Bonchev–Trinajstić information content (AvgIpc) is 2.68. The summed E-state index contributed by atoms with van der Waals surface area (Å²) in [5.74, 6) is -0.461. The van der Waals surface area contributed by atoms with Crippen LogP contribution in [0.15, 0.2) is 27.4 Å². The van der Waals surface area contributed by atoms with E-state index >= 15 is 0 Å². The molecule has 0 saturated carbocycles. The van der Waals surface area contributed by atoms with Gasteiger partial charge < -0.3 is 9.52 Å². The van der Waals surface area contributed by atoms with Gasteiger partial charge in [0.15, 0.2) is 5.58 Å². The molecule has 2 N–H and O–H groups in total. The highest BCUT2D eigenvalue weighted by molar-refractivity contribution is 5.72. The molecule has 17 heavy (non-hydrogen) atoms. The molecule has 92 valence electrons. The summed E-state index contributed by atoms with van der Waals surface area (Å²) in [6, 6.07) is 5.31. The summed E-state index contributed by atoms with van der Waals surface area (Å²) in [6.45, 7) is 2.13. The predicted octanol–water partition coefficient (Wildman–Crippen LogP) is 2.73. The van der Waals surface area contributed by atoms with E-state index in [1.54, 1.807) is 12.1 Å². The van der Waals surface area contributed by atoms with Crippen molar-refractivity contribution in [2.75, 3.05) is 0 Å². The van der Waals surface area contributed by atoms with Gasteiger partial charge in [-0.1, -0.05) is 32.3 Å². The SMILES string of the molecule is CCCCCC(O)c1ccc2[nH]c(=O)oc2c1. The molecule has 4 nitrogen and oxygen atoms in total. The molecule has 1 atom stereocenters. The molecule has 1 aromatic heterocycles. The Labute approximate surface area is 99.3 Å². The summed E-state index contributed by atoms with van der Waals surface area (Å²) in [5, 5.41) is 9.98. The van der Waals surface area contributed by atoms with Gasteiger partial charge in [-0.15, -0.1) is 0 Å². The zero-order chi connectivity index (χ0) is 12.3. The standard InChI is InChI=1S/C13H17NO3/c1-2-3-4-5-11(15)9-6-7-10-12(8-9)17-13(16)14-10/h6-8,11,15H,2-5H2,1H3,(H,14,16). The molecule has 2 rings (SSSR count). The van der Waals surface area contributed by atoms with Gasteiger partial charge in [-0.25, -0.2) is 4.79 Å². The van der Waals surface area contributed by atoms with Gasteiger partial charge in [0.1, 0.15) is 0 Å². The first-order valence-corrected chi connectivity index (χ1v) is 6.01. The highest BCUT2D eigenvalue weighted by atomic mass is 16.4. The number of fused-ring (bicyclic) bond motifs is 1. The molecule has 0 aliphatic heterocycles. The summed E-state index contributed by atoms with van der Waals surface area (Å²) in [7, 11) is 0. The van der Waals surface area contributed by atoms with Crippen molar-refractivity contribution in [3.8, 4) is 0 Å². The molecule has 2 aromatic rings. The maximum Gasteiger partial charge on any atom is 0.417 e. The van der Waals surface area contributed by atoms with Crippen LogP contribution in [0.5, 0.6) is 0 Å². The Morgan fingerprint density at radius 3 is 3.00 bits per heavy atom. The Kier molecular flexibility index (Phi) is 3.64. The average molecular weight is 235 g/mol. The molecular weight excluding hydrogens is 218 g/mol. The number of hydrogen-bond acceptors (Lipinski definition) is 3. The lowest BCUT2D eigenvalue weighted by Crippen LogP contribution is -1.96. The third-order valence-corrected chi connectivity index (χ3v) is 2.91. The van der Waals surface area contributed by atoms with Gasteiger partial charge in [-0.2, -0.15) is 0 Å². The fourth-order valence-electron chi connectivity index (χ4n) is 1.92. The monoisotopic (exact) mass is 235 g/mol. The molecule has 0 saturated heterocycles. The van der Waals surface area contributed by atoms with Crippen molar-refractivity contribution >= 4 is 11.1 Å². The molecule has 0 aliphatic rings. The van der Waals surface area contributed by atoms with Crippen LogP contribution in [0.25, 0.3) is 11.1 Å². The molecular formula is C13H17NO3. The number of oxazole rings is 1. The quantitative estimate of drug-likeness (QED) is 0.783. The van der Waals surface area contributed by atoms with Crippen molar-refractivity contribution in [1.29, 1.82) is 0 Å². The molecule has 0 fully saturated rings. The van der Waals surface area contributed by atoms with E-state index in [4.69, 9.17) is 4.42 Å². The number of aromatic nitrogens is 1. The van der Waals surface area contributed by atoms with Gasteiger partial charge in [0.05, 0.1) is 11.6 Å². The number of aromatic amines is 1. The van der Waals surface area contributed by atoms with E-state index in [9.17, 15) is 9.90 Å². The highest BCUT2D eigenvalue weighted by Crippen LogP contribution is 2.22. The fraction of sp³-hybridized carbons (Fsp3) is 0.462. The summed E-state index contributed by atoms with van der Waals surface area (Å²) < 4.78 is 4.96. The molecule has 0 bridgehead atoms. The first-order chi connectivity index (χ1) is 8.20. The zero-order valence-corrected chi connectivity index (χ0v) is 9.90. The Hall–Kier alpha value is -1.55. The number of aliphatic hydroxyl groups excluding tert-OH is 1. The number of aliphatic hydroxyl groups is 1. The number of nitrogens with one attached hydrogen (secondary N) is 1. The lowest BCUT2D eigenvalue weighted by atomic mass is 10.0. The molecule has 1 unspecified atom stereocenters. The minimum Gasteiger partial charge on any atom is -0.408 e. The Balaban J connectivity index is 2.14. The minimum absolute atomic E-state index is 0.461. The molecule has 0 radical (unpaired) electrons. The van der Waals surface area contributed by atoms with Gasteiger partial charge in [-0.3, -0.25) is 4.98 Å². The van der Waals surface area contributed by atoms with E-state index in [1.165, 1.54) is 0 Å². The fourth-order valence-corrected chi connectivity index (χ4v) is 1.92. The molecule has 1 aromatic carbocycles. The van der Waals surface area contributed by atoms with Crippen molar-refractivity contribution in [2.24, 2.45) is 0 Å². The third-order valence-electron chi connectivity index (χ3n) is 2.91. The van der Waals surface area contributed by atoms with E-state index < -0.39 is 11.9 Å². The third kappa shape index (κ3) is 2.77. The van der Waals surface area contributed by atoms with E-state index in [0.717, 1.165) is 31.2 Å². The van der Waals surface area contributed by atoms with Crippen LogP contribution < -0.4 is 5.76 Å². The van der Waals surface area contributed by atoms with Crippen molar-refractivity contribution < 1.29 is 9.52 Å². The van der Waals surface area contributed by atoms with Crippen molar-refractivity contribution in [3.63, 3.8) is 0 Å². The van der Waals surface area contributed by atoms with Gasteiger partial charge in [0, 0.05) is 0 Å². The second-order valence-corrected chi connectivity index (χ2v) is 4.28. The molecule has 0 aliphatic carbocycles. The Morgan fingerprint density at radius 1 is 1.41 bits per heavy atom. The Morgan fingerprint density at radius 2 is 2.24 bits per heavy atom. The van der Waals surface area contributed by atoms with E-state index in [-0.39, 0.29) is 0 Å². The van der Waals surface area contributed by atoms with Crippen molar-refractivity contribution in [3.05, 3.63) is 34.3 Å². The second kappa shape index (κ2) is 5.19. The summed E-state index contributed by atoms with van der Waals surface area (Å²) in [6.07, 6.45) is 3.53.